The number of anilines is 1. The van der Waals surface area contributed by atoms with Crippen LogP contribution in [0.3, 0.4) is 0 Å². The first-order valence-electron chi connectivity index (χ1n) is 11.3. The number of ether oxygens (including phenoxy) is 1. The topological polar surface area (TPSA) is 58.6 Å². The van der Waals surface area contributed by atoms with Crippen LogP contribution in [0.25, 0.3) is 0 Å². The maximum absolute atomic E-state index is 13.1. The van der Waals surface area contributed by atoms with Gasteiger partial charge in [-0.2, -0.15) is 0 Å². The molecule has 3 aromatic rings. The number of hydrogen-bond acceptors (Lipinski definition) is 5. The Hall–Kier alpha value is -3.25. The Morgan fingerprint density at radius 1 is 1.00 bits per heavy atom. The van der Waals surface area contributed by atoms with E-state index in [1.54, 1.807) is 0 Å². The van der Waals surface area contributed by atoms with Gasteiger partial charge in [-0.05, 0) is 24.6 Å². The molecule has 2 aliphatic rings. The van der Waals surface area contributed by atoms with Gasteiger partial charge in [0.1, 0.15) is 11.6 Å². The average Bonchev–Trinajstić information content (AvgIpc) is 2.84. The molecule has 5 rings (SSSR count). The summed E-state index contributed by atoms with van der Waals surface area (Å²) in [5.74, 6) is 1.87. The summed E-state index contributed by atoms with van der Waals surface area (Å²) >= 11 is 0. The molecular weight excluding hydrogens is 400 g/mol. The van der Waals surface area contributed by atoms with Gasteiger partial charge < -0.3 is 14.5 Å². The standard InChI is InChI=1S/C26H28N4O2/c1-19-6-5-7-20(16-19)17-24-27-23-10-11-30(26(31)21-8-3-2-4-9-21)18-22(23)25(28-24)29-12-14-32-15-13-29/h2-9,16H,10-15,17-18H2,1H3. The predicted molar refractivity (Wildman–Crippen MR) is 124 cm³/mol. The smallest absolute Gasteiger partial charge is 0.254 e. The molecule has 32 heavy (non-hydrogen) atoms. The Kier molecular flexibility index (Phi) is 5.86. The van der Waals surface area contributed by atoms with E-state index in [0.29, 0.717) is 32.7 Å². The number of morpholine rings is 1. The van der Waals surface area contributed by atoms with Crippen molar-refractivity contribution in [3.63, 3.8) is 0 Å². The van der Waals surface area contributed by atoms with Gasteiger partial charge >= 0.3 is 0 Å². The van der Waals surface area contributed by atoms with Crippen LogP contribution >= 0.6 is 0 Å². The van der Waals surface area contributed by atoms with Gasteiger partial charge in [-0.3, -0.25) is 4.79 Å². The minimum atomic E-state index is 0.0630. The number of benzene rings is 2. The number of fused-ring (bicyclic) bond motifs is 1. The summed E-state index contributed by atoms with van der Waals surface area (Å²) < 4.78 is 5.57. The Morgan fingerprint density at radius 3 is 2.59 bits per heavy atom. The van der Waals surface area contributed by atoms with Gasteiger partial charge in [0.05, 0.1) is 25.5 Å². The second-order valence-corrected chi connectivity index (χ2v) is 8.50. The van der Waals surface area contributed by atoms with Crippen molar-refractivity contribution in [3.05, 3.63) is 88.4 Å². The largest absolute Gasteiger partial charge is 0.378 e. The van der Waals surface area contributed by atoms with Gasteiger partial charge in [0.2, 0.25) is 0 Å². The summed E-state index contributed by atoms with van der Waals surface area (Å²) in [7, 11) is 0. The minimum absolute atomic E-state index is 0.0630. The monoisotopic (exact) mass is 428 g/mol. The third kappa shape index (κ3) is 4.36. The fourth-order valence-corrected chi connectivity index (χ4v) is 4.50. The van der Waals surface area contributed by atoms with Crippen molar-refractivity contribution in [2.45, 2.75) is 26.3 Å². The zero-order valence-electron chi connectivity index (χ0n) is 18.5. The van der Waals surface area contributed by atoms with Crippen molar-refractivity contribution in [2.75, 3.05) is 37.7 Å². The van der Waals surface area contributed by atoms with Gasteiger partial charge in [0.25, 0.3) is 5.91 Å². The first-order chi connectivity index (χ1) is 15.7. The van der Waals surface area contributed by atoms with Crippen molar-refractivity contribution in [3.8, 4) is 0 Å². The van der Waals surface area contributed by atoms with E-state index >= 15 is 0 Å². The van der Waals surface area contributed by atoms with Crippen molar-refractivity contribution in [1.29, 1.82) is 0 Å². The Bertz CT molecular complexity index is 1110. The molecule has 0 bridgehead atoms. The first-order valence-corrected chi connectivity index (χ1v) is 11.3. The SMILES string of the molecule is Cc1cccc(Cc2nc3c(c(N4CCOCC4)n2)CN(C(=O)c2ccccc2)CC3)c1. The Labute approximate surface area is 188 Å². The molecule has 0 spiro atoms. The fourth-order valence-electron chi connectivity index (χ4n) is 4.50. The molecule has 6 nitrogen and oxygen atoms in total. The Morgan fingerprint density at radius 2 is 1.81 bits per heavy atom. The molecule has 1 aromatic heterocycles. The minimum Gasteiger partial charge on any atom is -0.378 e. The molecule has 0 saturated carbocycles. The predicted octanol–water partition coefficient (Wildman–Crippen LogP) is 3.41. The van der Waals surface area contributed by atoms with Crippen LogP contribution < -0.4 is 4.90 Å². The van der Waals surface area contributed by atoms with Gasteiger partial charge in [0, 0.05) is 43.6 Å². The second-order valence-electron chi connectivity index (χ2n) is 8.50. The molecule has 6 heteroatoms. The average molecular weight is 429 g/mol. The van der Waals surface area contributed by atoms with Crippen LogP contribution in [-0.2, 0) is 24.1 Å². The normalized spacial score (nSPS) is 16.0. The summed E-state index contributed by atoms with van der Waals surface area (Å²) in [6, 6.07) is 18.0. The van der Waals surface area contributed by atoms with E-state index in [1.807, 2.05) is 35.2 Å². The lowest BCUT2D eigenvalue weighted by atomic mass is 10.0. The van der Waals surface area contributed by atoms with E-state index in [4.69, 9.17) is 14.7 Å². The summed E-state index contributed by atoms with van der Waals surface area (Å²) in [4.78, 5) is 27.3. The van der Waals surface area contributed by atoms with Crippen LogP contribution in [0.2, 0.25) is 0 Å². The summed E-state index contributed by atoms with van der Waals surface area (Å²) in [5, 5.41) is 0. The summed E-state index contributed by atoms with van der Waals surface area (Å²) in [6.45, 7) is 6.32. The summed E-state index contributed by atoms with van der Waals surface area (Å²) in [5.41, 5.74) is 5.33. The van der Waals surface area contributed by atoms with E-state index in [1.165, 1.54) is 11.1 Å². The highest BCUT2D eigenvalue weighted by atomic mass is 16.5. The van der Waals surface area contributed by atoms with Crippen molar-refractivity contribution in [1.82, 2.24) is 14.9 Å². The number of carbonyl (C=O) groups excluding carboxylic acids is 1. The Balaban J connectivity index is 1.47. The molecule has 1 saturated heterocycles. The fraction of sp³-hybridized carbons (Fsp3) is 0.346. The lowest BCUT2D eigenvalue weighted by molar-refractivity contribution is 0.0733. The zero-order valence-corrected chi connectivity index (χ0v) is 18.5. The van der Waals surface area contributed by atoms with E-state index in [9.17, 15) is 4.79 Å². The zero-order chi connectivity index (χ0) is 21.9. The molecule has 0 unspecified atom stereocenters. The highest BCUT2D eigenvalue weighted by Gasteiger charge is 2.28. The van der Waals surface area contributed by atoms with Gasteiger partial charge in [0.15, 0.2) is 0 Å². The van der Waals surface area contributed by atoms with Crippen molar-refractivity contribution >= 4 is 11.7 Å². The first kappa shape index (κ1) is 20.6. The van der Waals surface area contributed by atoms with Crippen LogP contribution in [0.5, 0.6) is 0 Å². The summed E-state index contributed by atoms with van der Waals surface area (Å²) in [6.07, 6.45) is 1.45. The maximum Gasteiger partial charge on any atom is 0.254 e. The third-order valence-electron chi connectivity index (χ3n) is 6.15. The number of aromatic nitrogens is 2. The molecule has 3 heterocycles. The maximum atomic E-state index is 13.1. The van der Waals surface area contributed by atoms with E-state index < -0.39 is 0 Å². The van der Waals surface area contributed by atoms with E-state index in [0.717, 1.165) is 48.0 Å². The molecule has 0 aliphatic carbocycles. The van der Waals surface area contributed by atoms with Gasteiger partial charge in [-0.25, -0.2) is 9.97 Å². The molecule has 1 amide bonds. The van der Waals surface area contributed by atoms with Crippen LogP contribution in [0.4, 0.5) is 5.82 Å². The highest BCUT2D eigenvalue weighted by Crippen LogP contribution is 2.29. The van der Waals surface area contributed by atoms with Crippen LogP contribution in [0.1, 0.15) is 38.6 Å². The van der Waals surface area contributed by atoms with Crippen molar-refractivity contribution in [2.24, 2.45) is 0 Å². The number of carbonyl (C=O) groups is 1. The molecule has 0 atom stereocenters. The van der Waals surface area contributed by atoms with E-state index in [-0.39, 0.29) is 5.91 Å². The number of aryl methyl sites for hydroxylation is 1. The van der Waals surface area contributed by atoms with E-state index in [2.05, 4.69) is 36.1 Å². The third-order valence-corrected chi connectivity index (χ3v) is 6.15. The molecule has 164 valence electrons. The van der Waals surface area contributed by atoms with Gasteiger partial charge in [-0.1, -0.05) is 48.0 Å². The second kappa shape index (κ2) is 9.09. The molecular formula is C26H28N4O2. The highest BCUT2D eigenvalue weighted by molar-refractivity contribution is 5.94. The van der Waals surface area contributed by atoms with Crippen LogP contribution in [-0.4, -0.2) is 53.6 Å². The van der Waals surface area contributed by atoms with Gasteiger partial charge in [-0.15, -0.1) is 0 Å². The molecule has 0 radical (unpaired) electrons. The quantitative estimate of drug-likeness (QED) is 0.637. The number of rotatable bonds is 4. The van der Waals surface area contributed by atoms with Crippen LogP contribution in [0, 0.1) is 6.92 Å². The molecule has 0 N–H and O–H groups in total. The van der Waals surface area contributed by atoms with Crippen molar-refractivity contribution < 1.29 is 9.53 Å². The lowest BCUT2D eigenvalue weighted by Gasteiger charge is -2.34. The molecule has 2 aliphatic heterocycles. The van der Waals surface area contributed by atoms with Crippen LogP contribution in [0.15, 0.2) is 54.6 Å². The number of nitrogens with zero attached hydrogens (tertiary/aromatic N) is 4. The molecule has 2 aromatic carbocycles. The lowest BCUT2D eigenvalue weighted by Crippen LogP contribution is -2.41. The number of hydrogen-bond donors (Lipinski definition) is 0. The molecule has 1 fully saturated rings. The number of amides is 1.